The fourth-order valence-electron chi connectivity index (χ4n) is 1.69. The molecule has 0 aliphatic carbocycles. The molecule has 0 aromatic heterocycles. The van der Waals surface area contributed by atoms with Gasteiger partial charge in [0.15, 0.2) is 9.84 Å². The van der Waals surface area contributed by atoms with Crippen LogP contribution in [0.15, 0.2) is 47.4 Å². The summed E-state index contributed by atoms with van der Waals surface area (Å²) < 4.78 is 24.5. The molecule has 0 bridgehead atoms. The van der Waals surface area contributed by atoms with E-state index in [0.717, 1.165) is 11.1 Å². The fraction of sp³-hybridized carbons (Fsp3) is 0.143. The summed E-state index contributed by atoms with van der Waals surface area (Å²) in [7, 11) is -3.41. The first-order valence-electron chi connectivity index (χ1n) is 5.72. The molecule has 0 spiro atoms. The second kappa shape index (κ2) is 5.23. The molecule has 2 aromatic carbocycles. The van der Waals surface area contributed by atoms with E-state index in [2.05, 4.69) is 0 Å². The second-order valence-electron chi connectivity index (χ2n) is 4.43. The van der Waals surface area contributed by atoms with E-state index >= 15 is 0 Å². The van der Waals surface area contributed by atoms with Crippen molar-refractivity contribution in [3.8, 4) is 0 Å². The van der Waals surface area contributed by atoms with Crippen molar-refractivity contribution in [3.05, 3.63) is 58.6 Å². The molecule has 19 heavy (non-hydrogen) atoms. The van der Waals surface area contributed by atoms with E-state index in [4.69, 9.17) is 17.3 Å². The topological polar surface area (TPSA) is 60.2 Å². The molecular weight excluding hydrogens is 282 g/mol. The third-order valence-corrected chi connectivity index (χ3v) is 4.82. The average Bonchev–Trinajstić information content (AvgIpc) is 2.35. The molecule has 0 saturated heterocycles. The fourth-order valence-corrected chi connectivity index (χ4v) is 3.30. The van der Waals surface area contributed by atoms with Crippen LogP contribution in [0.4, 0.5) is 5.69 Å². The zero-order valence-corrected chi connectivity index (χ0v) is 12.0. The van der Waals surface area contributed by atoms with Gasteiger partial charge >= 0.3 is 0 Å². The number of nitrogen functional groups attached to an aromatic ring is 1. The lowest BCUT2D eigenvalue weighted by molar-refractivity contribution is 0.595. The number of aryl methyl sites for hydroxylation is 1. The Morgan fingerprint density at radius 1 is 1.11 bits per heavy atom. The van der Waals surface area contributed by atoms with Gasteiger partial charge in [-0.2, -0.15) is 0 Å². The molecule has 5 heteroatoms. The third-order valence-electron chi connectivity index (χ3n) is 2.81. The molecule has 0 radical (unpaired) electrons. The molecule has 0 heterocycles. The van der Waals surface area contributed by atoms with Crippen molar-refractivity contribution >= 4 is 27.1 Å². The van der Waals surface area contributed by atoms with E-state index in [-0.39, 0.29) is 15.7 Å². The molecule has 0 atom stereocenters. The van der Waals surface area contributed by atoms with Crippen molar-refractivity contribution in [2.45, 2.75) is 17.6 Å². The first-order valence-corrected chi connectivity index (χ1v) is 7.75. The molecule has 2 aromatic rings. The lowest BCUT2D eigenvalue weighted by atomic mass is 10.2. The monoisotopic (exact) mass is 295 g/mol. The van der Waals surface area contributed by atoms with Crippen molar-refractivity contribution in [1.82, 2.24) is 0 Å². The lowest BCUT2D eigenvalue weighted by Gasteiger charge is -2.06. The van der Waals surface area contributed by atoms with Crippen LogP contribution < -0.4 is 5.73 Å². The highest BCUT2D eigenvalue weighted by Gasteiger charge is 2.16. The Kier molecular flexibility index (Phi) is 3.83. The van der Waals surface area contributed by atoms with Gasteiger partial charge in [-0.25, -0.2) is 8.42 Å². The minimum absolute atomic E-state index is 0.0481. The number of anilines is 1. The van der Waals surface area contributed by atoms with E-state index in [1.807, 2.05) is 31.2 Å². The van der Waals surface area contributed by atoms with E-state index in [1.54, 1.807) is 0 Å². The van der Waals surface area contributed by atoms with Gasteiger partial charge in [0.25, 0.3) is 0 Å². The van der Waals surface area contributed by atoms with Crippen LogP contribution in [0.2, 0.25) is 5.02 Å². The summed E-state index contributed by atoms with van der Waals surface area (Å²) in [6.07, 6.45) is 0. The van der Waals surface area contributed by atoms with Crippen LogP contribution in [0, 0.1) is 6.92 Å². The Labute approximate surface area is 117 Å². The Hall–Kier alpha value is -1.52. The summed E-state index contributed by atoms with van der Waals surface area (Å²) in [4.78, 5) is 0.187. The van der Waals surface area contributed by atoms with Gasteiger partial charge in [0.05, 0.1) is 21.4 Å². The highest BCUT2D eigenvalue weighted by molar-refractivity contribution is 7.90. The van der Waals surface area contributed by atoms with Gasteiger partial charge in [0, 0.05) is 0 Å². The van der Waals surface area contributed by atoms with Crippen LogP contribution in [0.5, 0.6) is 0 Å². The summed E-state index contributed by atoms with van der Waals surface area (Å²) in [6, 6.07) is 11.8. The molecule has 2 rings (SSSR count). The van der Waals surface area contributed by atoms with E-state index in [0.29, 0.717) is 5.69 Å². The minimum Gasteiger partial charge on any atom is -0.398 e. The molecular formula is C14H14ClNO2S. The molecule has 0 amide bonds. The van der Waals surface area contributed by atoms with E-state index in [9.17, 15) is 8.42 Å². The van der Waals surface area contributed by atoms with E-state index in [1.165, 1.54) is 18.2 Å². The predicted octanol–water partition coefficient (Wildman–Crippen LogP) is 3.20. The van der Waals surface area contributed by atoms with Crippen molar-refractivity contribution in [2.75, 3.05) is 5.73 Å². The Morgan fingerprint density at radius 3 is 2.32 bits per heavy atom. The number of nitrogens with two attached hydrogens (primary N) is 1. The molecule has 0 fully saturated rings. The zero-order chi connectivity index (χ0) is 14.0. The van der Waals surface area contributed by atoms with Crippen molar-refractivity contribution in [1.29, 1.82) is 0 Å². The Morgan fingerprint density at radius 2 is 1.74 bits per heavy atom. The first kappa shape index (κ1) is 13.9. The first-order chi connectivity index (χ1) is 8.88. The SMILES string of the molecule is Cc1ccc(CS(=O)(=O)c2ccc(N)c(Cl)c2)cc1. The summed E-state index contributed by atoms with van der Waals surface area (Å²) in [5.41, 5.74) is 7.79. The Bertz CT molecular complexity index is 694. The molecule has 0 saturated carbocycles. The molecule has 3 nitrogen and oxygen atoms in total. The Balaban J connectivity index is 2.32. The molecule has 0 unspecified atom stereocenters. The largest absolute Gasteiger partial charge is 0.398 e. The zero-order valence-electron chi connectivity index (χ0n) is 10.4. The maximum absolute atomic E-state index is 12.3. The summed E-state index contributed by atoms with van der Waals surface area (Å²) >= 11 is 5.85. The van der Waals surface area contributed by atoms with Crippen molar-refractivity contribution < 1.29 is 8.42 Å². The van der Waals surface area contributed by atoms with Gasteiger partial charge in [-0.15, -0.1) is 0 Å². The highest BCUT2D eigenvalue weighted by atomic mass is 35.5. The minimum atomic E-state index is -3.41. The number of halogens is 1. The lowest BCUT2D eigenvalue weighted by Crippen LogP contribution is -2.05. The van der Waals surface area contributed by atoms with Gasteiger partial charge in [0.2, 0.25) is 0 Å². The number of hydrogen-bond donors (Lipinski definition) is 1. The van der Waals surface area contributed by atoms with Crippen LogP contribution in [0.25, 0.3) is 0 Å². The van der Waals surface area contributed by atoms with Crippen molar-refractivity contribution in [2.24, 2.45) is 0 Å². The maximum Gasteiger partial charge on any atom is 0.182 e. The summed E-state index contributed by atoms with van der Waals surface area (Å²) in [5.74, 6) is -0.0481. The van der Waals surface area contributed by atoms with Gasteiger partial charge in [-0.1, -0.05) is 41.4 Å². The third kappa shape index (κ3) is 3.28. The van der Waals surface area contributed by atoms with E-state index < -0.39 is 9.84 Å². The standard InChI is InChI=1S/C14H14ClNO2S/c1-10-2-4-11(5-3-10)9-19(17,18)12-6-7-14(16)13(15)8-12/h2-8H,9,16H2,1H3. The van der Waals surface area contributed by atoms with Gasteiger partial charge in [-0.3, -0.25) is 0 Å². The number of hydrogen-bond acceptors (Lipinski definition) is 3. The molecule has 100 valence electrons. The summed E-state index contributed by atoms with van der Waals surface area (Å²) in [6.45, 7) is 1.96. The van der Waals surface area contributed by atoms with Crippen LogP contribution in [0.1, 0.15) is 11.1 Å². The molecule has 0 aliphatic heterocycles. The second-order valence-corrected chi connectivity index (χ2v) is 6.82. The number of rotatable bonds is 3. The highest BCUT2D eigenvalue weighted by Crippen LogP contribution is 2.24. The number of sulfone groups is 1. The molecule has 0 aliphatic rings. The van der Waals surface area contributed by atoms with Crippen LogP contribution in [0.3, 0.4) is 0 Å². The van der Waals surface area contributed by atoms with Crippen LogP contribution in [-0.4, -0.2) is 8.42 Å². The smallest absolute Gasteiger partial charge is 0.182 e. The van der Waals surface area contributed by atoms with Crippen LogP contribution >= 0.6 is 11.6 Å². The van der Waals surface area contributed by atoms with Crippen LogP contribution in [-0.2, 0) is 15.6 Å². The summed E-state index contributed by atoms with van der Waals surface area (Å²) in [5, 5.41) is 0.255. The molecule has 2 N–H and O–H groups in total. The van der Waals surface area contributed by atoms with Gasteiger partial charge in [0.1, 0.15) is 0 Å². The van der Waals surface area contributed by atoms with Gasteiger partial charge in [-0.05, 0) is 30.7 Å². The maximum atomic E-state index is 12.3. The quantitative estimate of drug-likeness (QED) is 0.885. The van der Waals surface area contributed by atoms with Gasteiger partial charge < -0.3 is 5.73 Å². The van der Waals surface area contributed by atoms with Crippen molar-refractivity contribution in [3.63, 3.8) is 0 Å². The number of benzene rings is 2. The normalized spacial score (nSPS) is 11.5. The average molecular weight is 296 g/mol. The predicted molar refractivity (Wildman–Crippen MR) is 77.9 cm³/mol.